The second-order valence-electron chi connectivity index (χ2n) is 6.03. The lowest BCUT2D eigenvalue weighted by atomic mass is 10.2. The molecule has 0 unspecified atom stereocenters. The first-order valence-electron chi connectivity index (χ1n) is 8.81. The first kappa shape index (κ1) is 19.9. The summed E-state index contributed by atoms with van der Waals surface area (Å²) in [5.74, 6) is 1.66. The van der Waals surface area contributed by atoms with Crippen LogP contribution < -0.4 is 20.1 Å². The zero-order valence-corrected chi connectivity index (χ0v) is 16.3. The first-order chi connectivity index (χ1) is 14.0. The quantitative estimate of drug-likeness (QED) is 0.633. The zero-order valence-electron chi connectivity index (χ0n) is 16.3. The van der Waals surface area contributed by atoms with E-state index in [0.717, 1.165) is 5.82 Å². The number of ether oxygens (including phenoxy) is 2. The number of carbonyl (C=O) groups excluding carboxylic acids is 2. The Bertz CT molecular complexity index is 1010. The first-order valence-corrected chi connectivity index (χ1v) is 8.81. The molecule has 0 fully saturated rings. The van der Waals surface area contributed by atoms with Crippen LogP contribution >= 0.6 is 0 Å². The molecule has 0 bridgehead atoms. The highest BCUT2D eigenvalue weighted by Crippen LogP contribution is 2.28. The number of anilines is 1. The van der Waals surface area contributed by atoms with Crippen LogP contribution in [0, 0.1) is 6.92 Å². The van der Waals surface area contributed by atoms with E-state index in [1.165, 1.54) is 14.2 Å². The van der Waals surface area contributed by atoms with Gasteiger partial charge >= 0.3 is 0 Å². The van der Waals surface area contributed by atoms with Crippen molar-refractivity contribution >= 4 is 17.5 Å². The minimum Gasteiger partial charge on any atom is -0.493 e. The number of likely N-dealkylation sites (N-methyl/N-ethyl adjacent to an activating group) is 1. The van der Waals surface area contributed by atoms with Gasteiger partial charge in [-0.2, -0.15) is 0 Å². The summed E-state index contributed by atoms with van der Waals surface area (Å²) < 4.78 is 12.5. The molecule has 3 rings (SSSR count). The minimum absolute atomic E-state index is 0.146. The number of pyridine rings is 1. The lowest BCUT2D eigenvalue weighted by molar-refractivity contribution is -0.122. The van der Waals surface area contributed by atoms with Crippen LogP contribution in [0.25, 0.3) is 5.82 Å². The number of aromatic nitrogens is 3. The van der Waals surface area contributed by atoms with Crippen LogP contribution in [0.4, 0.5) is 5.69 Å². The van der Waals surface area contributed by atoms with Crippen molar-refractivity contribution in [3.8, 4) is 17.3 Å². The van der Waals surface area contributed by atoms with Crippen molar-refractivity contribution in [1.82, 2.24) is 19.9 Å². The van der Waals surface area contributed by atoms with Crippen molar-refractivity contribution in [2.45, 2.75) is 6.92 Å². The number of aryl methyl sites for hydroxylation is 1. The van der Waals surface area contributed by atoms with Gasteiger partial charge in [0.15, 0.2) is 18.1 Å². The van der Waals surface area contributed by atoms with Crippen molar-refractivity contribution in [3.63, 3.8) is 0 Å². The number of benzene rings is 1. The predicted molar refractivity (Wildman–Crippen MR) is 107 cm³/mol. The van der Waals surface area contributed by atoms with Gasteiger partial charge in [0.2, 0.25) is 0 Å². The van der Waals surface area contributed by atoms with Gasteiger partial charge in [0.1, 0.15) is 11.6 Å². The van der Waals surface area contributed by atoms with Crippen molar-refractivity contribution in [2.24, 2.45) is 0 Å². The number of imidazole rings is 1. The molecular formula is C20H21N5O4. The van der Waals surface area contributed by atoms with Crippen LogP contribution in [0.15, 0.2) is 48.9 Å². The summed E-state index contributed by atoms with van der Waals surface area (Å²) >= 11 is 0. The lowest BCUT2D eigenvalue weighted by Gasteiger charge is -2.12. The molecule has 9 heteroatoms. The average molecular weight is 395 g/mol. The third-order valence-corrected chi connectivity index (χ3v) is 4.14. The van der Waals surface area contributed by atoms with Gasteiger partial charge in [0, 0.05) is 25.0 Å². The number of carbonyl (C=O) groups is 2. The summed E-state index contributed by atoms with van der Waals surface area (Å²) in [6, 6.07) is 8.27. The Labute approximate surface area is 167 Å². The predicted octanol–water partition coefficient (Wildman–Crippen LogP) is 1.96. The SMILES string of the molecule is CNC(=O)COc1ccc(C(=O)Nc2ccc(-n3ccnc3C)nc2)cc1OC. The number of rotatable bonds is 7. The molecule has 1 aromatic carbocycles. The van der Waals surface area contributed by atoms with E-state index in [1.807, 2.05) is 17.7 Å². The minimum atomic E-state index is -0.325. The fourth-order valence-electron chi connectivity index (χ4n) is 2.57. The monoisotopic (exact) mass is 395 g/mol. The molecule has 0 aliphatic rings. The second kappa shape index (κ2) is 8.87. The van der Waals surface area contributed by atoms with Crippen molar-refractivity contribution in [2.75, 3.05) is 26.1 Å². The summed E-state index contributed by atoms with van der Waals surface area (Å²) in [6.45, 7) is 1.74. The smallest absolute Gasteiger partial charge is 0.257 e. The van der Waals surface area contributed by atoms with Crippen LogP contribution in [0.1, 0.15) is 16.2 Å². The second-order valence-corrected chi connectivity index (χ2v) is 6.03. The van der Waals surface area contributed by atoms with E-state index in [-0.39, 0.29) is 18.4 Å². The van der Waals surface area contributed by atoms with E-state index in [2.05, 4.69) is 20.6 Å². The van der Waals surface area contributed by atoms with Crippen molar-refractivity contribution in [1.29, 1.82) is 0 Å². The Morgan fingerprint density at radius 2 is 1.97 bits per heavy atom. The van der Waals surface area contributed by atoms with E-state index >= 15 is 0 Å². The van der Waals surface area contributed by atoms with E-state index < -0.39 is 0 Å². The molecular weight excluding hydrogens is 374 g/mol. The number of nitrogens with zero attached hydrogens (tertiary/aromatic N) is 3. The molecule has 150 valence electrons. The number of amides is 2. The van der Waals surface area contributed by atoms with Gasteiger partial charge < -0.3 is 20.1 Å². The van der Waals surface area contributed by atoms with E-state index in [9.17, 15) is 9.59 Å². The van der Waals surface area contributed by atoms with E-state index in [0.29, 0.717) is 28.6 Å². The molecule has 2 aromatic heterocycles. The Kier molecular flexibility index (Phi) is 6.08. The summed E-state index contributed by atoms with van der Waals surface area (Å²) in [5.41, 5.74) is 0.930. The Hall–Kier alpha value is -3.88. The van der Waals surface area contributed by atoms with Crippen LogP contribution in [-0.2, 0) is 4.79 Å². The average Bonchev–Trinajstić information content (AvgIpc) is 3.18. The molecule has 29 heavy (non-hydrogen) atoms. The van der Waals surface area contributed by atoms with Gasteiger partial charge in [0.05, 0.1) is 19.0 Å². The molecule has 0 saturated carbocycles. The van der Waals surface area contributed by atoms with Crippen molar-refractivity contribution < 1.29 is 19.1 Å². The maximum absolute atomic E-state index is 12.6. The van der Waals surface area contributed by atoms with Crippen molar-refractivity contribution in [3.05, 3.63) is 60.3 Å². The summed E-state index contributed by atoms with van der Waals surface area (Å²) in [6.07, 6.45) is 5.09. The number of hydrogen-bond acceptors (Lipinski definition) is 6. The topological polar surface area (TPSA) is 107 Å². The van der Waals surface area contributed by atoms with Gasteiger partial charge in [-0.25, -0.2) is 9.97 Å². The highest BCUT2D eigenvalue weighted by atomic mass is 16.5. The van der Waals surface area contributed by atoms with Crippen LogP contribution in [0.5, 0.6) is 11.5 Å². The highest BCUT2D eigenvalue weighted by molar-refractivity contribution is 6.04. The molecule has 0 spiro atoms. The number of methoxy groups -OCH3 is 1. The Morgan fingerprint density at radius 3 is 2.59 bits per heavy atom. The van der Waals surface area contributed by atoms with Gasteiger partial charge in [-0.1, -0.05) is 0 Å². The van der Waals surface area contributed by atoms with Gasteiger partial charge in [-0.15, -0.1) is 0 Å². The molecule has 2 amide bonds. The maximum atomic E-state index is 12.6. The fourth-order valence-corrected chi connectivity index (χ4v) is 2.57. The highest BCUT2D eigenvalue weighted by Gasteiger charge is 2.13. The van der Waals surface area contributed by atoms with Gasteiger partial charge in [-0.3, -0.25) is 14.2 Å². The molecule has 0 aliphatic heterocycles. The van der Waals surface area contributed by atoms with Gasteiger partial charge in [-0.05, 0) is 37.3 Å². The van der Waals surface area contributed by atoms with Crippen LogP contribution in [-0.4, -0.2) is 47.1 Å². The summed E-state index contributed by atoms with van der Waals surface area (Å²) in [5, 5.41) is 5.25. The summed E-state index contributed by atoms with van der Waals surface area (Å²) in [4.78, 5) is 32.4. The number of hydrogen-bond donors (Lipinski definition) is 2. The van der Waals surface area contributed by atoms with Gasteiger partial charge in [0.25, 0.3) is 11.8 Å². The fraction of sp³-hybridized carbons (Fsp3) is 0.200. The number of nitrogens with one attached hydrogen (secondary N) is 2. The van der Waals surface area contributed by atoms with Crippen LogP contribution in [0.2, 0.25) is 0 Å². The normalized spacial score (nSPS) is 10.3. The van der Waals surface area contributed by atoms with E-state index in [4.69, 9.17) is 9.47 Å². The summed E-state index contributed by atoms with van der Waals surface area (Å²) in [7, 11) is 2.98. The third-order valence-electron chi connectivity index (χ3n) is 4.14. The Balaban J connectivity index is 1.70. The molecule has 9 nitrogen and oxygen atoms in total. The van der Waals surface area contributed by atoms with E-state index in [1.54, 1.807) is 42.7 Å². The molecule has 3 aromatic rings. The third kappa shape index (κ3) is 4.70. The standard InChI is InChI=1S/C20H21N5O4/c1-13-22-8-9-25(13)18-7-5-15(11-23-18)24-20(27)14-4-6-16(17(10-14)28-3)29-12-19(26)21-2/h4-11H,12H2,1-3H3,(H,21,26)(H,24,27). The van der Waals surface area contributed by atoms with Crippen LogP contribution in [0.3, 0.4) is 0 Å². The molecule has 0 radical (unpaired) electrons. The molecule has 0 atom stereocenters. The lowest BCUT2D eigenvalue weighted by Crippen LogP contribution is -2.25. The Morgan fingerprint density at radius 1 is 1.14 bits per heavy atom. The zero-order chi connectivity index (χ0) is 20.8. The molecule has 2 N–H and O–H groups in total. The molecule has 0 aliphatic carbocycles. The maximum Gasteiger partial charge on any atom is 0.257 e. The molecule has 2 heterocycles. The largest absolute Gasteiger partial charge is 0.493 e. The molecule has 0 saturated heterocycles.